The Bertz CT molecular complexity index is 644. The van der Waals surface area contributed by atoms with Crippen LogP contribution >= 0.6 is 12.2 Å². The van der Waals surface area contributed by atoms with Crippen molar-refractivity contribution in [2.75, 3.05) is 25.7 Å². The largest absolute Gasteiger partial charge is 0.496 e. The predicted molar refractivity (Wildman–Crippen MR) is 87.4 cm³/mol. The van der Waals surface area contributed by atoms with Gasteiger partial charge >= 0.3 is 0 Å². The van der Waals surface area contributed by atoms with Crippen molar-refractivity contribution in [2.45, 2.75) is 19.0 Å². The minimum atomic E-state index is -2.88. The second-order valence-corrected chi connectivity index (χ2v) is 8.03. The fraction of sp³-hybridized carbons (Fsp3) is 0.500. The highest BCUT2D eigenvalue weighted by atomic mass is 32.2. The molecule has 0 aromatic heterocycles. The summed E-state index contributed by atoms with van der Waals surface area (Å²) in [6.07, 6.45) is 0.677. The number of hydrogen-bond donors (Lipinski definition) is 1. The predicted octanol–water partition coefficient (Wildman–Crippen LogP) is 0.948. The summed E-state index contributed by atoms with van der Waals surface area (Å²) in [6, 6.07) is 5.61. The lowest BCUT2D eigenvalue weighted by Gasteiger charge is -2.24. The van der Waals surface area contributed by atoms with Crippen molar-refractivity contribution >= 4 is 27.0 Å². The highest BCUT2D eigenvalue weighted by molar-refractivity contribution is 7.91. The molecule has 0 amide bonds. The monoisotopic (exact) mass is 328 g/mol. The molecular formula is C14H20N2O3S2. The van der Waals surface area contributed by atoms with Gasteiger partial charge in [-0.1, -0.05) is 12.2 Å². The van der Waals surface area contributed by atoms with Gasteiger partial charge in [-0.2, -0.15) is 0 Å². The van der Waals surface area contributed by atoms with Gasteiger partial charge in [-0.25, -0.2) is 8.42 Å². The van der Waals surface area contributed by atoms with Crippen LogP contribution in [0.5, 0.6) is 5.75 Å². The van der Waals surface area contributed by atoms with Crippen molar-refractivity contribution in [1.29, 1.82) is 0 Å². The number of hydrogen-bond acceptors (Lipinski definition) is 5. The Labute approximate surface area is 131 Å². The molecule has 0 saturated carbocycles. The minimum Gasteiger partial charge on any atom is -0.496 e. The van der Waals surface area contributed by atoms with Crippen molar-refractivity contribution in [3.05, 3.63) is 29.3 Å². The van der Waals surface area contributed by atoms with E-state index >= 15 is 0 Å². The highest BCUT2D eigenvalue weighted by Gasteiger charge is 2.30. The SMILES string of the molecule is COc1ccc(C(N)=S)cc1CN(C)C1CCS(=O)(=O)C1. The first kappa shape index (κ1) is 16.2. The minimum absolute atomic E-state index is 0.0493. The Hall–Kier alpha value is -1.18. The fourth-order valence-electron chi connectivity index (χ4n) is 2.58. The van der Waals surface area contributed by atoms with Gasteiger partial charge in [0.1, 0.15) is 10.7 Å². The number of benzene rings is 1. The number of nitrogens with zero attached hydrogens (tertiary/aromatic N) is 1. The summed E-state index contributed by atoms with van der Waals surface area (Å²) >= 11 is 5.00. The van der Waals surface area contributed by atoms with Gasteiger partial charge in [-0.15, -0.1) is 0 Å². The topological polar surface area (TPSA) is 72.6 Å². The first-order chi connectivity index (χ1) is 9.82. The molecule has 7 heteroatoms. The zero-order chi connectivity index (χ0) is 15.6. The second-order valence-electron chi connectivity index (χ2n) is 5.36. The molecule has 21 heavy (non-hydrogen) atoms. The normalized spacial score (nSPS) is 20.6. The van der Waals surface area contributed by atoms with Gasteiger partial charge in [0.25, 0.3) is 0 Å². The quantitative estimate of drug-likeness (QED) is 0.811. The summed E-state index contributed by atoms with van der Waals surface area (Å²) in [7, 11) is 0.656. The van der Waals surface area contributed by atoms with Gasteiger partial charge in [0.05, 0.1) is 18.6 Å². The molecule has 0 aliphatic carbocycles. The zero-order valence-corrected chi connectivity index (χ0v) is 13.8. The van der Waals surface area contributed by atoms with E-state index in [1.807, 2.05) is 30.1 Å². The molecule has 1 fully saturated rings. The van der Waals surface area contributed by atoms with E-state index in [9.17, 15) is 8.42 Å². The van der Waals surface area contributed by atoms with Crippen LogP contribution < -0.4 is 10.5 Å². The van der Waals surface area contributed by atoms with Gasteiger partial charge in [0.2, 0.25) is 0 Å². The van der Waals surface area contributed by atoms with E-state index in [0.717, 1.165) is 16.9 Å². The molecule has 1 atom stereocenters. The van der Waals surface area contributed by atoms with Gasteiger partial charge in [-0.3, -0.25) is 4.90 Å². The van der Waals surface area contributed by atoms with E-state index in [1.165, 1.54) is 0 Å². The molecule has 5 nitrogen and oxygen atoms in total. The smallest absolute Gasteiger partial charge is 0.151 e. The maximum Gasteiger partial charge on any atom is 0.151 e. The Morgan fingerprint density at radius 3 is 2.76 bits per heavy atom. The number of sulfone groups is 1. The van der Waals surface area contributed by atoms with Crippen LogP contribution in [0.4, 0.5) is 0 Å². The molecule has 1 aliphatic rings. The Kier molecular flexibility index (Phi) is 4.85. The van der Waals surface area contributed by atoms with Crippen LogP contribution in [0.3, 0.4) is 0 Å². The van der Waals surface area contributed by atoms with Crippen LogP contribution in [-0.4, -0.2) is 50.0 Å². The highest BCUT2D eigenvalue weighted by Crippen LogP contribution is 2.24. The lowest BCUT2D eigenvalue weighted by molar-refractivity contribution is 0.250. The molecule has 0 radical (unpaired) electrons. The van der Waals surface area contributed by atoms with Crippen LogP contribution in [0.25, 0.3) is 0 Å². The molecule has 2 N–H and O–H groups in total. The van der Waals surface area contributed by atoms with E-state index in [1.54, 1.807) is 7.11 Å². The Morgan fingerprint density at radius 1 is 1.52 bits per heavy atom. The van der Waals surface area contributed by atoms with Gasteiger partial charge in [-0.05, 0) is 31.7 Å². The van der Waals surface area contributed by atoms with Gasteiger partial charge < -0.3 is 10.5 Å². The van der Waals surface area contributed by atoms with Crippen LogP contribution in [0.2, 0.25) is 0 Å². The molecule has 0 bridgehead atoms. The van der Waals surface area contributed by atoms with E-state index < -0.39 is 9.84 Å². The summed E-state index contributed by atoms with van der Waals surface area (Å²) in [6.45, 7) is 0.597. The summed E-state index contributed by atoms with van der Waals surface area (Å²) < 4.78 is 28.5. The van der Waals surface area contributed by atoms with Gasteiger partial charge in [0, 0.05) is 23.7 Å². The van der Waals surface area contributed by atoms with Crippen molar-refractivity contribution in [3.8, 4) is 5.75 Å². The molecular weight excluding hydrogens is 308 g/mol. The van der Waals surface area contributed by atoms with Crippen LogP contribution in [0.1, 0.15) is 17.5 Å². The van der Waals surface area contributed by atoms with Crippen molar-refractivity contribution in [2.24, 2.45) is 5.73 Å². The number of ether oxygens (including phenoxy) is 1. The van der Waals surface area contributed by atoms with Gasteiger partial charge in [0.15, 0.2) is 9.84 Å². The Balaban J connectivity index is 2.18. The third-order valence-electron chi connectivity index (χ3n) is 3.82. The average Bonchev–Trinajstić information content (AvgIpc) is 2.79. The van der Waals surface area contributed by atoms with Crippen LogP contribution in [0.15, 0.2) is 18.2 Å². The molecule has 1 heterocycles. The molecule has 1 saturated heterocycles. The average molecular weight is 328 g/mol. The third kappa shape index (κ3) is 3.93. The number of rotatable bonds is 5. The zero-order valence-electron chi connectivity index (χ0n) is 12.2. The lowest BCUT2D eigenvalue weighted by atomic mass is 10.1. The van der Waals surface area contributed by atoms with E-state index in [0.29, 0.717) is 18.0 Å². The molecule has 0 spiro atoms. The molecule has 2 rings (SSSR count). The molecule has 1 aliphatic heterocycles. The fourth-order valence-corrected chi connectivity index (χ4v) is 4.51. The van der Waals surface area contributed by atoms with Crippen molar-refractivity contribution in [3.63, 3.8) is 0 Å². The first-order valence-electron chi connectivity index (χ1n) is 6.70. The van der Waals surface area contributed by atoms with E-state index in [-0.39, 0.29) is 17.5 Å². The number of methoxy groups -OCH3 is 1. The first-order valence-corrected chi connectivity index (χ1v) is 8.93. The molecule has 1 aromatic carbocycles. The summed E-state index contributed by atoms with van der Waals surface area (Å²) in [5.74, 6) is 1.25. The standard InChI is InChI=1S/C14H20N2O3S2/c1-16(12-5-6-21(17,18)9-12)8-11-7-10(14(15)20)3-4-13(11)19-2/h3-4,7,12H,5-6,8-9H2,1-2H3,(H2,15,20). The lowest BCUT2D eigenvalue weighted by Crippen LogP contribution is -2.32. The third-order valence-corrected chi connectivity index (χ3v) is 5.80. The number of nitrogens with two attached hydrogens (primary N) is 1. The maximum absolute atomic E-state index is 11.6. The number of thiocarbonyl (C=S) groups is 1. The Morgan fingerprint density at radius 2 is 2.24 bits per heavy atom. The van der Waals surface area contributed by atoms with Crippen LogP contribution in [0, 0.1) is 0 Å². The second kappa shape index (κ2) is 6.29. The van der Waals surface area contributed by atoms with E-state index in [4.69, 9.17) is 22.7 Å². The summed E-state index contributed by atoms with van der Waals surface area (Å²) in [4.78, 5) is 2.39. The molecule has 116 valence electrons. The molecule has 1 aromatic rings. The van der Waals surface area contributed by atoms with Crippen LogP contribution in [-0.2, 0) is 16.4 Å². The van der Waals surface area contributed by atoms with Crippen molar-refractivity contribution < 1.29 is 13.2 Å². The van der Waals surface area contributed by atoms with E-state index in [2.05, 4.69) is 0 Å². The summed E-state index contributed by atoms with van der Waals surface area (Å²) in [5.41, 5.74) is 7.40. The van der Waals surface area contributed by atoms with Crippen molar-refractivity contribution in [1.82, 2.24) is 4.90 Å². The molecule has 1 unspecified atom stereocenters. The maximum atomic E-state index is 11.6. The summed E-state index contributed by atoms with van der Waals surface area (Å²) in [5, 5.41) is 0.